The molecule has 2 aliphatic rings. The van der Waals surface area contributed by atoms with Crippen LogP contribution in [0.3, 0.4) is 0 Å². The largest absolute Gasteiger partial charge is 0.508 e. The molecule has 2 aliphatic heterocycles. The molecule has 10 unspecified atom stereocenters. The lowest BCUT2D eigenvalue weighted by Gasteiger charge is -2.45. The molecular weight excluding hydrogens is 1280 g/mol. The van der Waals surface area contributed by atoms with Crippen molar-refractivity contribution in [3.05, 3.63) is 60.7 Å². The highest BCUT2D eigenvalue weighted by molar-refractivity contribution is 6.05. The van der Waals surface area contributed by atoms with E-state index in [4.69, 9.17) is 18.9 Å². The number of aromatic hydroxyl groups is 3. The number of carbonyl (C=O) groups excluding carboxylic acids is 7. The topological polar surface area (TPSA) is 383 Å². The molecule has 0 bridgehead atoms. The number of rotatable bonds is 35. The van der Waals surface area contributed by atoms with Gasteiger partial charge in [-0.05, 0) is 121 Å². The Morgan fingerprint density at radius 3 is 1.58 bits per heavy atom. The number of hydrogen-bond acceptors (Lipinski definition) is 20. The van der Waals surface area contributed by atoms with Gasteiger partial charge in [0.05, 0.1) is 84.0 Å². The number of hydrogen-bond donors (Lipinski definition) is 7. The molecule has 25 nitrogen and oxygen atoms in total. The summed E-state index contributed by atoms with van der Waals surface area (Å²) in [5, 5.41) is 69.5. The molecule has 6 rings (SSSR count). The number of phenols is 3. The van der Waals surface area contributed by atoms with Crippen molar-refractivity contribution in [1.29, 1.82) is 0 Å². The molecule has 2 saturated heterocycles. The van der Waals surface area contributed by atoms with Crippen LogP contribution in [0.1, 0.15) is 162 Å². The van der Waals surface area contributed by atoms with E-state index in [1.54, 1.807) is 86.6 Å². The zero-order valence-electron chi connectivity index (χ0n) is 59.7. The molecule has 540 valence electrons. The first-order valence-electron chi connectivity index (χ1n) is 33.9. The molecule has 7 N–H and O–H groups in total. The fourth-order valence-electron chi connectivity index (χ4n) is 15.0. The second-order valence-electron chi connectivity index (χ2n) is 29.9. The predicted molar refractivity (Wildman–Crippen MR) is 362 cm³/mol. The highest BCUT2D eigenvalue weighted by Gasteiger charge is 2.60. The molecule has 0 saturated carbocycles. The number of likely N-dealkylation sites (tertiary alicyclic amines) is 1. The summed E-state index contributed by atoms with van der Waals surface area (Å²) in [7, 11) is 1.50. The molecular formula is C74H99N5O20. The highest BCUT2D eigenvalue weighted by Crippen LogP contribution is 2.55. The summed E-state index contributed by atoms with van der Waals surface area (Å²) in [5.41, 5.74) is -6.46. The van der Waals surface area contributed by atoms with Gasteiger partial charge in [0.25, 0.3) is 0 Å². The number of aromatic nitrogens is 3. The number of ether oxygens (including phenoxy) is 4. The van der Waals surface area contributed by atoms with Crippen LogP contribution in [0.4, 0.5) is 0 Å². The van der Waals surface area contributed by atoms with E-state index in [-0.39, 0.29) is 84.8 Å². The van der Waals surface area contributed by atoms with Crippen LogP contribution in [0.15, 0.2) is 60.7 Å². The van der Waals surface area contributed by atoms with Gasteiger partial charge >= 0.3 is 41.8 Å². The zero-order chi connectivity index (χ0) is 74.2. The first-order valence-corrected chi connectivity index (χ1v) is 33.9. The first-order chi connectivity index (χ1) is 46.1. The summed E-state index contributed by atoms with van der Waals surface area (Å²) in [4.78, 5) is 157. The standard InChI is InChI=1S/C74H99N5O20/c1-17-21-31-75-60(83)53(47(63(86)87)36-74(14,15)55(67(93)97-20-4)48(64(88)89)37-71(8,9)52-39(5)66(92)99-68(52)94)72(10,11)35-46-54(62(85)79(61(46)84)32-22-18-2)73(12,13)38-49(65(90)91)56(70(6,7)19-3)69(95)98-43-28-30-45(51(82)34-43)59-77-57(40-23-26-42(96-16)27-24-40)76-58(78-59)44-29-25-41(80)33-50(44)81/h23-30,33-34,39,46-49,52-56,80-82H,17-22,31-32,35-38H2,1-16H3,(H,75,83)(H,86,87)(H,88,89)(H,90,91). The van der Waals surface area contributed by atoms with Gasteiger partial charge < -0.3 is 54.9 Å². The minimum Gasteiger partial charge on any atom is -0.508 e. The van der Waals surface area contributed by atoms with E-state index in [1.807, 2.05) is 13.8 Å². The molecule has 0 aliphatic carbocycles. The van der Waals surface area contributed by atoms with Crippen LogP contribution >= 0.6 is 0 Å². The third-order valence-corrected chi connectivity index (χ3v) is 20.4. The lowest BCUT2D eigenvalue weighted by atomic mass is 9.57. The second kappa shape index (κ2) is 31.9. The van der Waals surface area contributed by atoms with E-state index in [9.17, 15) is 59.4 Å². The molecule has 10 atom stereocenters. The summed E-state index contributed by atoms with van der Waals surface area (Å²) >= 11 is 0. The van der Waals surface area contributed by atoms with Crippen LogP contribution in [0.5, 0.6) is 28.7 Å². The second-order valence-corrected chi connectivity index (χ2v) is 29.9. The zero-order valence-corrected chi connectivity index (χ0v) is 59.7. The van der Waals surface area contributed by atoms with Crippen molar-refractivity contribution in [2.75, 3.05) is 26.8 Å². The fourth-order valence-corrected chi connectivity index (χ4v) is 15.0. The summed E-state index contributed by atoms with van der Waals surface area (Å²) < 4.78 is 21.8. The third kappa shape index (κ3) is 17.9. The summed E-state index contributed by atoms with van der Waals surface area (Å²) in [6, 6.07) is 14.4. The fraction of sp³-hybridized carbons (Fsp3) is 0.581. The monoisotopic (exact) mass is 1380 g/mol. The third-order valence-electron chi connectivity index (χ3n) is 20.4. The van der Waals surface area contributed by atoms with E-state index in [0.717, 1.165) is 17.0 Å². The van der Waals surface area contributed by atoms with E-state index in [0.29, 0.717) is 37.0 Å². The number of unbranched alkanes of at least 4 members (excludes halogenated alkanes) is 2. The Morgan fingerprint density at radius 2 is 1.09 bits per heavy atom. The van der Waals surface area contributed by atoms with Crippen LogP contribution in [0.2, 0.25) is 0 Å². The number of esters is 4. The van der Waals surface area contributed by atoms with E-state index < -0.39 is 164 Å². The molecule has 2 fully saturated rings. The van der Waals surface area contributed by atoms with Crippen LogP contribution in [0, 0.1) is 86.3 Å². The molecule has 1 aromatic heterocycles. The van der Waals surface area contributed by atoms with Gasteiger partial charge in [-0.1, -0.05) is 116 Å². The molecule has 3 aromatic carbocycles. The van der Waals surface area contributed by atoms with Gasteiger partial charge in [0.15, 0.2) is 17.5 Å². The van der Waals surface area contributed by atoms with Crippen LogP contribution in [-0.2, 0) is 57.4 Å². The number of carboxylic acid groups (broad SMARTS) is 3. The molecule has 3 heterocycles. The first kappa shape index (κ1) is 79.0. The minimum atomic E-state index is -1.73. The maximum Gasteiger partial charge on any atom is 0.318 e. The lowest BCUT2D eigenvalue weighted by molar-refractivity contribution is -0.168. The highest BCUT2D eigenvalue weighted by atomic mass is 16.6. The summed E-state index contributed by atoms with van der Waals surface area (Å²) in [5.74, 6) is -25.1. The smallest absolute Gasteiger partial charge is 0.318 e. The van der Waals surface area contributed by atoms with Crippen LogP contribution in [0.25, 0.3) is 34.2 Å². The van der Waals surface area contributed by atoms with Crippen molar-refractivity contribution in [3.63, 3.8) is 0 Å². The number of cyclic esters (lactones) is 2. The van der Waals surface area contributed by atoms with Gasteiger partial charge in [-0.25, -0.2) is 15.0 Å². The molecule has 3 amide bonds. The number of carbonyl (C=O) groups is 10. The maximum absolute atomic E-state index is 15.3. The van der Waals surface area contributed by atoms with Crippen molar-refractivity contribution in [3.8, 4) is 62.9 Å². The average Bonchev–Trinajstić information content (AvgIpc) is 1.74. The average molecular weight is 1380 g/mol. The summed E-state index contributed by atoms with van der Waals surface area (Å²) in [6.45, 7) is 24.3. The van der Waals surface area contributed by atoms with Gasteiger partial charge in [0, 0.05) is 30.8 Å². The number of methoxy groups -OCH3 is 1. The number of aliphatic carboxylic acids is 3. The number of imide groups is 1. The van der Waals surface area contributed by atoms with Crippen molar-refractivity contribution in [1.82, 2.24) is 25.2 Å². The van der Waals surface area contributed by atoms with Gasteiger partial charge in [0.2, 0.25) is 17.7 Å². The Bertz CT molecular complexity index is 3670. The van der Waals surface area contributed by atoms with Crippen molar-refractivity contribution in [2.45, 2.75) is 162 Å². The van der Waals surface area contributed by atoms with Gasteiger partial charge in [0.1, 0.15) is 28.7 Å². The van der Waals surface area contributed by atoms with Gasteiger partial charge in [-0.15, -0.1) is 0 Å². The van der Waals surface area contributed by atoms with E-state index >= 15 is 19.2 Å². The minimum absolute atomic E-state index is 0.0232. The van der Waals surface area contributed by atoms with Crippen LogP contribution < -0.4 is 14.8 Å². The number of phenolic OH excluding ortho intramolecular Hbond substituents is 3. The summed E-state index contributed by atoms with van der Waals surface area (Å²) in [6.07, 6.45) is 0.639. The Morgan fingerprint density at radius 1 is 0.586 bits per heavy atom. The van der Waals surface area contributed by atoms with Crippen molar-refractivity contribution < 1.29 is 97.5 Å². The Kier molecular flexibility index (Phi) is 25.4. The lowest BCUT2D eigenvalue weighted by Crippen LogP contribution is -2.51. The number of nitrogens with one attached hydrogen (secondary N) is 1. The Hall–Kier alpha value is -9.03. The van der Waals surface area contributed by atoms with E-state index in [2.05, 4.69) is 20.3 Å². The number of carboxylic acids is 3. The molecule has 0 radical (unpaired) electrons. The van der Waals surface area contributed by atoms with Crippen molar-refractivity contribution in [2.24, 2.45) is 86.3 Å². The Labute approximate surface area is 578 Å². The Balaban J connectivity index is 1.39. The SMILES string of the molecule is CCCCNC(=O)C(C(CC(C)(C)C(C(=O)OCC)C(CC(C)(C)C1C(=O)OC(=O)C1C)C(=O)O)C(=O)O)C(C)(C)CC1C(=O)N(CCCC)C(=O)C1C(C)(C)CC(C(=O)O)C(C(=O)Oc1ccc(-c2nc(-c3ccc(OC)cc3)nc(-c3ccc(O)cc3O)n2)c(O)c1)C(C)(C)CC. The number of benzene rings is 3. The normalized spacial score (nSPS) is 18.8. The molecule has 99 heavy (non-hydrogen) atoms. The molecule has 4 aromatic rings. The van der Waals surface area contributed by atoms with Gasteiger partial charge in [-0.2, -0.15) is 0 Å². The maximum atomic E-state index is 15.3. The van der Waals surface area contributed by atoms with Crippen molar-refractivity contribution >= 4 is 59.5 Å². The molecule has 25 heteroatoms. The predicted octanol–water partition coefficient (Wildman–Crippen LogP) is 11.2. The number of nitrogens with zero attached hydrogens (tertiary/aromatic N) is 4. The molecule has 0 spiro atoms. The number of amides is 3. The van der Waals surface area contributed by atoms with E-state index in [1.165, 1.54) is 59.1 Å². The van der Waals surface area contributed by atoms with Gasteiger partial charge in [-0.3, -0.25) is 52.8 Å². The van der Waals surface area contributed by atoms with Crippen LogP contribution in [-0.4, -0.2) is 137 Å². The quantitative estimate of drug-likeness (QED) is 0.00739.